The van der Waals surface area contributed by atoms with Gasteiger partial charge in [0.2, 0.25) is 15.9 Å². The zero-order valence-electron chi connectivity index (χ0n) is 16.5. The number of piperazine rings is 1. The van der Waals surface area contributed by atoms with Crippen molar-refractivity contribution in [1.82, 2.24) is 9.62 Å². The minimum absolute atomic E-state index is 0.0560. The molecule has 0 spiro atoms. The average molecular weight is 420 g/mol. The normalized spacial score (nSPS) is 15.3. The summed E-state index contributed by atoms with van der Waals surface area (Å²) < 4.78 is 39.5. The third-order valence-corrected chi connectivity index (χ3v) is 6.83. The van der Waals surface area contributed by atoms with E-state index in [1.54, 1.807) is 12.1 Å². The van der Waals surface area contributed by atoms with Crippen molar-refractivity contribution in [1.29, 1.82) is 0 Å². The number of hydrogen-bond acceptors (Lipinski definition) is 4. The highest BCUT2D eigenvalue weighted by molar-refractivity contribution is 7.89. The summed E-state index contributed by atoms with van der Waals surface area (Å²) in [6.45, 7) is 4.23. The molecule has 2 aromatic rings. The maximum absolute atomic E-state index is 12.9. The Bertz CT molecular complexity index is 940. The highest BCUT2D eigenvalue weighted by Crippen LogP contribution is 2.19. The molecule has 1 aliphatic rings. The quantitative estimate of drug-likeness (QED) is 0.745. The molecule has 0 radical (unpaired) electrons. The molecule has 1 aliphatic heterocycles. The van der Waals surface area contributed by atoms with Gasteiger partial charge in [0.05, 0.1) is 12.2 Å². The molecule has 3 rings (SSSR count). The number of rotatable bonds is 7. The van der Waals surface area contributed by atoms with Crippen LogP contribution in [-0.4, -0.2) is 57.1 Å². The Morgan fingerprint density at radius 2 is 1.76 bits per heavy atom. The highest BCUT2D eigenvalue weighted by Gasteiger charge is 2.26. The van der Waals surface area contributed by atoms with E-state index in [0.717, 1.165) is 5.69 Å². The van der Waals surface area contributed by atoms with E-state index in [1.165, 1.54) is 22.0 Å². The van der Waals surface area contributed by atoms with Crippen LogP contribution in [0.3, 0.4) is 0 Å². The second-order valence-electron chi connectivity index (χ2n) is 7.19. The largest absolute Gasteiger partial charge is 0.369 e. The monoisotopic (exact) mass is 419 g/mol. The molecule has 1 saturated heterocycles. The van der Waals surface area contributed by atoms with Gasteiger partial charge < -0.3 is 10.2 Å². The van der Waals surface area contributed by atoms with Crippen molar-refractivity contribution in [2.45, 2.75) is 13.3 Å². The highest BCUT2D eigenvalue weighted by atomic mass is 32.2. The van der Waals surface area contributed by atoms with Crippen LogP contribution in [0.5, 0.6) is 0 Å². The predicted molar refractivity (Wildman–Crippen MR) is 112 cm³/mol. The minimum Gasteiger partial charge on any atom is -0.369 e. The predicted octanol–water partition coefficient (Wildman–Crippen LogP) is 1.94. The van der Waals surface area contributed by atoms with Crippen LogP contribution < -0.4 is 10.2 Å². The van der Waals surface area contributed by atoms with E-state index in [0.29, 0.717) is 31.7 Å². The summed E-state index contributed by atoms with van der Waals surface area (Å²) in [6, 6.07) is 13.8. The Hall–Kier alpha value is -2.45. The van der Waals surface area contributed by atoms with E-state index in [2.05, 4.69) is 16.3 Å². The van der Waals surface area contributed by atoms with Crippen molar-refractivity contribution in [2.24, 2.45) is 0 Å². The number of nitrogens with zero attached hydrogens (tertiary/aromatic N) is 2. The second kappa shape index (κ2) is 9.37. The van der Waals surface area contributed by atoms with Crippen molar-refractivity contribution >= 4 is 21.6 Å². The van der Waals surface area contributed by atoms with Crippen LogP contribution in [0.2, 0.25) is 0 Å². The number of carbonyl (C=O) groups excluding carboxylic acids is 1. The first-order valence-corrected chi connectivity index (χ1v) is 11.2. The number of carbonyl (C=O) groups is 1. The van der Waals surface area contributed by atoms with Gasteiger partial charge in [0.1, 0.15) is 5.82 Å². The van der Waals surface area contributed by atoms with Crippen molar-refractivity contribution in [3.05, 3.63) is 65.5 Å². The molecular formula is C21H26FN3O3S. The first kappa shape index (κ1) is 21.3. The number of amides is 1. The lowest BCUT2D eigenvalue weighted by Crippen LogP contribution is -2.50. The molecule has 6 nitrogen and oxygen atoms in total. The Kier molecular flexibility index (Phi) is 6.87. The van der Waals surface area contributed by atoms with E-state index in [9.17, 15) is 17.6 Å². The van der Waals surface area contributed by atoms with Crippen LogP contribution in [0.1, 0.15) is 11.1 Å². The third-order valence-electron chi connectivity index (χ3n) is 4.96. The summed E-state index contributed by atoms with van der Waals surface area (Å²) in [4.78, 5) is 14.2. The van der Waals surface area contributed by atoms with Gasteiger partial charge in [-0.25, -0.2) is 12.8 Å². The molecule has 8 heteroatoms. The van der Waals surface area contributed by atoms with Gasteiger partial charge in [0.15, 0.2) is 0 Å². The first-order chi connectivity index (χ1) is 13.8. The molecular weight excluding hydrogens is 393 g/mol. The van der Waals surface area contributed by atoms with Gasteiger partial charge in [-0.15, -0.1) is 0 Å². The summed E-state index contributed by atoms with van der Waals surface area (Å²) in [5, 5.41) is 2.63. The average Bonchev–Trinajstić information content (AvgIpc) is 2.70. The second-order valence-corrected chi connectivity index (χ2v) is 9.28. The smallest absolute Gasteiger partial charge is 0.224 e. The third kappa shape index (κ3) is 6.01. The molecule has 0 aliphatic carbocycles. The van der Waals surface area contributed by atoms with E-state index in [1.807, 2.05) is 25.1 Å². The number of hydrogen-bond donors (Lipinski definition) is 1. The number of halogens is 1. The first-order valence-electron chi connectivity index (χ1n) is 9.64. The zero-order chi connectivity index (χ0) is 20.9. The fourth-order valence-corrected chi connectivity index (χ4v) is 4.69. The van der Waals surface area contributed by atoms with Crippen molar-refractivity contribution < 1.29 is 17.6 Å². The lowest BCUT2D eigenvalue weighted by Gasteiger charge is -2.35. The van der Waals surface area contributed by atoms with Gasteiger partial charge in [0, 0.05) is 38.4 Å². The van der Waals surface area contributed by atoms with Crippen LogP contribution in [0, 0.1) is 12.7 Å². The standard InChI is InChI=1S/C21H26FN3O3S/c1-17-3-2-4-20(15-17)24-10-12-25(13-11-24)29(27,28)14-9-23-21(26)16-18-5-7-19(22)8-6-18/h2-8,15H,9-14,16H2,1H3,(H,23,26). The maximum atomic E-state index is 12.9. The number of aryl methyl sites for hydroxylation is 1. The van der Waals surface area contributed by atoms with Crippen molar-refractivity contribution in [2.75, 3.05) is 43.4 Å². The van der Waals surface area contributed by atoms with Gasteiger partial charge in [-0.3, -0.25) is 4.79 Å². The molecule has 29 heavy (non-hydrogen) atoms. The molecule has 0 saturated carbocycles. The van der Waals surface area contributed by atoms with Crippen molar-refractivity contribution in [3.8, 4) is 0 Å². The molecule has 1 heterocycles. The molecule has 1 amide bonds. The van der Waals surface area contributed by atoms with Gasteiger partial charge in [-0.2, -0.15) is 4.31 Å². The Balaban J connectivity index is 1.44. The van der Waals surface area contributed by atoms with Crippen LogP contribution in [0.25, 0.3) is 0 Å². The fourth-order valence-electron chi connectivity index (χ4n) is 3.35. The maximum Gasteiger partial charge on any atom is 0.224 e. The Morgan fingerprint density at radius 3 is 2.41 bits per heavy atom. The summed E-state index contributed by atoms with van der Waals surface area (Å²) in [5.41, 5.74) is 2.96. The molecule has 156 valence electrons. The molecule has 1 N–H and O–H groups in total. The van der Waals surface area contributed by atoms with Gasteiger partial charge in [0.25, 0.3) is 0 Å². The molecule has 0 atom stereocenters. The zero-order valence-corrected chi connectivity index (χ0v) is 17.3. The van der Waals surface area contributed by atoms with Gasteiger partial charge in [-0.05, 0) is 42.3 Å². The van der Waals surface area contributed by atoms with E-state index < -0.39 is 10.0 Å². The topological polar surface area (TPSA) is 69.7 Å². The fraction of sp³-hybridized carbons (Fsp3) is 0.381. The summed E-state index contributed by atoms with van der Waals surface area (Å²) in [6.07, 6.45) is 0.0928. The molecule has 1 fully saturated rings. The van der Waals surface area contributed by atoms with Crippen molar-refractivity contribution in [3.63, 3.8) is 0 Å². The van der Waals surface area contributed by atoms with Crippen LogP contribution in [0.15, 0.2) is 48.5 Å². The van der Waals surface area contributed by atoms with Crippen LogP contribution in [0.4, 0.5) is 10.1 Å². The number of nitrogens with one attached hydrogen (secondary N) is 1. The Labute approximate surface area is 171 Å². The lowest BCUT2D eigenvalue weighted by molar-refractivity contribution is -0.120. The van der Waals surface area contributed by atoms with Gasteiger partial charge >= 0.3 is 0 Å². The molecule has 2 aromatic carbocycles. The Morgan fingerprint density at radius 1 is 1.07 bits per heavy atom. The molecule has 0 unspecified atom stereocenters. The summed E-state index contributed by atoms with van der Waals surface area (Å²) in [7, 11) is -3.43. The minimum atomic E-state index is -3.43. The van der Waals surface area contributed by atoms with Crippen LogP contribution in [-0.2, 0) is 21.2 Å². The summed E-state index contributed by atoms with van der Waals surface area (Å²) >= 11 is 0. The van der Waals surface area contributed by atoms with E-state index in [-0.39, 0.29) is 30.4 Å². The number of anilines is 1. The van der Waals surface area contributed by atoms with E-state index in [4.69, 9.17) is 0 Å². The SMILES string of the molecule is Cc1cccc(N2CCN(S(=O)(=O)CCNC(=O)Cc3ccc(F)cc3)CC2)c1. The van der Waals surface area contributed by atoms with Gasteiger partial charge in [-0.1, -0.05) is 24.3 Å². The molecule has 0 bridgehead atoms. The number of sulfonamides is 1. The number of benzene rings is 2. The van der Waals surface area contributed by atoms with E-state index >= 15 is 0 Å². The molecule has 0 aromatic heterocycles. The summed E-state index contributed by atoms with van der Waals surface area (Å²) in [5.74, 6) is -0.772. The van der Waals surface area contributed by atoms with Crippen LogP contribution >= 0.6 is 0 Å². The lowest BCUT2D eigenvalue weighted by atomic mass is 10.1.